The molecular weight excluding hydrogens is 328 g/mol. The molecule has 0 N–H and O–H groups in total. The van der Waals surface area contributed by atoms with Crippen LogP contribution in [-0.2, 0) is 29.9 Å². The van der Waals surface area contributed by atoms with Crippen molar-refractivity contribution in [2.45, 2.75) is 66.2 Å². The predicted octanol–water partition coefficient (Wildman–Crippen LogP) is 3.47. The van der Waals surface area contributed by atoms with Crippen molar-refractivity contribution in [1.29, 1.82) is 0 Å². The van der Waals surface area contributed by atoms with Crippen LogP contribution >= 0.6 is 0 Å². The second-order valence-electron chi connectivity index (χ2n) is 7.51. The summed E-state index contributed by atoms with van der Waals surface area (Å²) >= 11 is 0. The standard InChI is InChI=1S/C18H34O5S/c1-17(2,15(19)22-5)11-7-9-13-24(21)14-10-8-12-18(3,4)16(20)23-6/h7-14H2,1-6H3. The minimum atomic E-state index is -0.834. The van der Waals surface area contributed by atoms with Crippen LogP contribution in [0.4, 0.5) is 0 Å². The Morgan fingerprint density at radius 1 is 0.750 bits per heavy atom. The molecule has 0 amide bonds. The maximum Gasteiger partial charge on any atom is 0.311 e. The molecule has 24 heavy (non-hydrogen) atoms. The molecule has 0 radical (unpaired) electrons. The van der Waals surface area contributed by atoms with Gasteiger partial charge in [0.1, 0.15) is 0 Å². The van der Waals surface area contributed by atoms with Gasteiger partial charge in [-0.3, -0.25) is 13.8 Å². The van der Waals surface area contributed by atoms with Crippen molar-refractivity contribution in [2.24, 2.45) is 10.8 Å². The molecule has 0 aromatic heterocycles. The molecule has 5 nitrogen and oxygen atoms in total. The Hall–Kier alpha value is -0.910. The van der Waals surface area contributed by atoms with Gasteiger partial charge in [-0.2, -0.15) is 0 Å². The monoisotopic (exact) mass is 362 g/mol. The van der Waals surface area contributed by atoms with Gasteiger partial charge in [0.2, 0.25) is 0 Å². The van der Waals surface area contributed by atoms with Gasteiger partial charge in [0.15, 0.2) is 0 Å². The van der Waals surface area contributed by atoms with E-state index in [0.717, 1.165) is 38.5 Å². The fourth-order valence-electron chi connectivity index (χ4n) is 2.52. The van der Waals surface area contributed by atoms with E-state index in [4.69, 9.17) is 9.47 Å². The number of carbonyl (C=O) groups excluding carboxylic acids is 2. The van der Waals surface area contributed by atoms with Gasteiger partial charge in [-0.15, -0.1) is 0 Å². The molecule has 142 valence electrons. The first-order chi connectivity index (χ1) is 11.1. The second kappa shape index (κ2) is 10.9. The lowest BCUT2D eigenvalue weighted by Crippen LogP contribution is -2.25. The average Bonchev–Trinajstić information content (AvgIpc) is 2.53. The summed E-state index contributed by atoms with van der Waals surface area (Å²) in [6.07, 6.45) is 4.90. The highest BCUT2D eigenvalue weighted by atomic mass is 32.2. The number of ether oxygens (including phenoxy) is 2. The van der Waals surface area contributed by atoms with Gasteiger partial charge >= 0.3 is 11.9 Å². The summed E-state index contributed by atoms with van der Waals surface area (Å²) in [6, 6.07) is 0. The van der Waals surface area contributed by atoms with Crippen molar-refractivity contribution >= 4 is 22.7 Å². The van der Waals surface area contributed by atoms with Crippen LogP contribution in [0.3, 0.4) is 0 Å². The first-order valence-electron chi connectivity index (χ1n) is 8.58. The number of hydrogen-bond donors (Lipinski definition) is 0. The van der Waals surface area contributed by atoms with Gasteiger partial charge in [0, 0.05) is 22.3 Å². The fourth-order valence-corrected chi connectivity index (χ4v) is 3.78. The van der Waals surface area contributed by atoms with E-state index in [1.165, 1.54) is 14.2 Å². The minimum Gasteiger partial charge on any atom is -0.469 e. The molecule has 0 saturated heterocycles. The Kier molecular flexibility index (Phi) is 10.4. The zero-order valence-electron chi connectivity index (χ0n) is 16.1. The highest BCUT2D eigenvalue weighted by molar-refractivity contribution is 7.84. The Morgan fingerprint density at radius 3 is 1.38 bits per heavy atom. The molecule has 0 aliphatic rings. The molecule has 0 aliphatic heterocycles. The van der Waals surface area contributed by atoms with E-state index in [2.05, 4.69) is 0 Å². The molecule has 0 fully saturated rings. The molecule has 0 saturated carbocycles. The van der Waals surface area contributed by atoms with Gasteiger partial charge in [0.05, 0.1) is 25.0 Å². The smallest absolute Gasteiger partial charge is 0.311 e. The lowest BCUT2D eigenvalue weighted by Gasteiger charge is -2.21. The molecule has 0 aliphatic carbocycles. The van der Waals surface area contributed by atoms with Crippen LogP contribution in [0.1, 0.15) is 66.2 Å². The Labute approximate surface area is 149 Å². The maximum atomic E-state index is 12.0. The van der Waals surface area contributed by atoms with Crippen LogP contribution in [0, 0.1) is 10.8 Å². The number of methoxy groups -OCH3 is 2. The molecule has 0 heterocycles. The van der Waals surface area contributed by atoms with Crippen LogP contribution < -0.4 is 0 Å². The van der Waals surface area contributed by atoms with Gasteiger partial charge in [-0.1, -0.05) is 12.8 Å². The van der Waals surface area contributed by atoms with Gasteiger partial charge < -0.3 is 9.47 Å². The largest absolute Gasteiger partial charge is 0.469 e. The SMILES string of the molecule is COC(=O)C(C)(C)CCCCS(=O)CCCCC(C)(C)C(=O)OC. The van der Waals surface area contributed by atoms with Crippen molar-refractivity contribution in [3.63, 3.8) is 0 Å². The molecule has 0 rings (SSSR count). The van der Waals surface area contributed by atoms with E-state index in [1.807, 2.05) is 27.7 Å². The molecule has 0 bridgehead atoms. The highest BCUT2D eigenvalue weighted by Crippen LogP contribution is 2.26. The van der Waals surface area contributed by atoms with E-state index in [1.54, 1.807) is 0 Å². The lowest BCUT2D eigenvalue weighted by molar-refractivity contribution is -0.151. The third kappa shape index (κ3) is 8.81. The first-order valence-corrected chi connectivity index (χ1v) is 10.1. The molecule has 6 heteroatoms. The average molecular weight is 363 g/mol. The van der Waals surface area contributed by atoms with Crippen LogP contribution in [0.2, 0.25) is 0 Å². The van der Waals surface area contributed by atoms with Crippen LogP contribution in [0.5, 0.6) is 0 Å². The van der Waals surface area contributed by atoms with Crippen molar-refractivity contribution in [3.05, 3.63) is 0 Å². The van der Waals surface area contributed by atoms with E-state index in [9.17, 15) is 13.8 Å². The minimum absolute atomic E-state index is 0.197. The number of hydrogen-bond acceptors (Lipinski definition) is 5. The van der Waals surface area contributed by atoms with Crippen LogP contribution in [0.15, 0.2) is 0 Å². The summed E-state index contributed by atoms with van der Waals surface area (Å²) in [4.78, 5) is 23.1. The highest BCUT2D eigenvalue weighted by Gasteiger charge is 2.28. The summed E-state index contributed by atoms with van der Waals surface area (Å²) in [5.74, 6) is 0.934. The van der Waals surface area contributed by atoms with Crippen molar-refractivity contribution < 1.29 is 23.3 Å². The molecule has 0 aromatic carbocycles. The quantitative estimate of drug-likeness (QED) is 0.393. The van der Waals surface area contributed by atoms with Gasteiger partial charge in [-0.05, 0) is 53.4 Å². The normalized spacial score (nSPS) is 12.3. The Balaban J connectivity index is 3.86. The van der Waals surface area contributed by atoms with Crippen molar-refractivity contribution in [3.8, 4) is 0 Å². The molecular formula is C18H34O5S. The third-order valence-electron chi connectivity index (χ3n) is 4.32. The third-order valence-corrected chi connectivity index (χ3v) is 5.81. The first kappa shape index (κ1) is 23.1. The Bertz CT molecular complexity index is 391. The summed E-state index contributed by atoms with van der Waals surface area (Å²) in [5.41, 5.74) is -0.953. The summed E-state index contributed by atoms with van der Waals surface area (Å²) < 4.78 is 21.6. The van der Waals surface area contributed by atoms with Gasteiger partial charge in [0.25, 0.3) is 0 Å². The summed E-state index contributed by atoms with van der Waals surface area (Å²) in [6.45, 7) is 7.50. The van der Waals surface area contributed by atoms with E-state index < -0.39 is 21.6 Å². The number of carbonyl (C=O) groups is 2. The molecule has 0 unspecified atom stereocenters. The zero-order chi connectivity index (χ0) is 18.8. The van der Waals surface area contributed by atoms with Crippen LogP contribution in [-0.4, -0.2) is 41.9 Å². The fraction of sp³-hybridized carbons (Fsp3) is 0.889. The molecule has 0 spiro atoms. The number of unbranched alkanes of at least 4 members (excludes halogenated alkanes) is 2. The maximum absolute atomic E-state index is 12.0. The topological polar surface area (TPSA) is 69.7 Å². The van der Waals surface area contributed by atoms with E-state index in [-0.39, 0.29) is 11.9 Å². The number of esters is 2. The molecule has 0 aromatic rings. The van der Waals surface area contributed by atoms with Gasteiger partial charge in [-0.25, -0.2) is 0 Å². The predicted molar refractivity (Wildman–Crippen MR) is 97.2 cm³/mol. The van der Waals surface area contributed by atoms with Crippen LogP contribution in [0.25, 0.3) is 0 Å². The summed E-state index contributed by atoms with van der Waals surface area (Å²) in [5, 5.41) is 0. The molecule has 0 atom stereocenters. The van der Waals surface area contributed by atoms with Crippen molar-refractivity contribution in [1.82, 2.24) is 0 Å². The van der Waals surface area contributed by atoms with E-state index in [0.29, 0.717) is 11.5 Å². The van der Waals surface area contributed by atoms with Crippen molar-refractivity contribution in [2.75, 3.05) is 25.7 Å². The zero-order valence-corrected chi connectivity index (χ0v) is 16.9. The summed E-state index contributed by atoms with van der Waals surface area (Å²) in [7, 11) is 1.97. The second-order valence-corrected chi connectivity index (χ2v) is 9.21. The van der Waals surface area contributed by atoms with E-state index >= 15 is 0 Å². The number of rotatable bonds is 12. The Morgan fingerprint density at radius 2 is 1.08 bits per heavy atom. The lowest BCUT2D eigenvalue weighted by atomic mass is 9.87.